The van der Waals surface area contributed by atoms with Gasteiger partial charge in [0.05, 0.1) is 12.6 Å². The fourth-order valence-electron chi connectivity index (χ4n) is 2.74. The molecule has 0 saturated carbocycles. The summed E-state index contributed by atoms with van der Waals surface area (Å²) in [7, 11) is 0. The van der Waals surface area contributed by atoms with Crippen LogP contribution in [0.1, 0.15) is 23.7 Å². The molecule has 0 atom stereocenters. The van der Waals surface area contributed by atoms with E-state index in [1.807, 2.05) is 22.8 Å². The van der Waals surface area contributed by atoms with Gasteiger partial charge in [-0.15, -0.1) is 5.10 Å². The van der Waals surface area contributed by atoms with Crippen LogP contribution in [0, 0.1) is 0 Å². The zero-order chi connectivity index (χ0) is 18.5. The number of nitrogens with zero attached hydrogens (tertiary/aromatic N) is 7. The van der Waals surface area contributed by atoms with Crippen LogP contribution in [0.3, 0.4) is 0 Å². The fourth-order valence-corrected chi connectivity index (χ4v) is 2.98. The molecule has 0 aliphatic carbocycles. The van der Waals surface area contributed by atoms with Gasteiger partial charge in [0, 0.05) is 24.1 Å². The molecule has 3 heterocycles. The zero-order valence-corrected chi connectivity index (χ0v) is 19.3. The predicted octanol–water partition coefficient (Wildman–Crippen LogP) is -0.748. The molecule has 0 radical (unpaired) electrons. The normalized spacial score (nSPS) is 10.6. The summed E-state index contributed by atoms with van der Waals surface area (Å²) in [6.07, 6.45) is 7.02. The Morgan fingerprint density at radius 3 is 2.71 bits per heavy atom. The van der Waals surface area contributed by atoms with Crippen molar-refractivity contribution >= 4 is 12.6 Å². The summed E-state index contributed by atoms with van der Waals surface area (Å²) >= 11 is 5.31. The van der Waals surface area contributed by atoms with Crippen molar-refractivity contribution in [2.24, 2.45) is 0 Å². The van der Waals surface area contributed by atoms with Gasteiger partial charge in [-0.2, -0.15) is 10.1 Å². The van der Waals surface area contributed by atoms with E-state index in [9.17, 15) is 0 Å². The van der Waals surface area contributed by atoms with Crippen LogP contribution in [0.5, 0.6) is 0 Å². The van der Waals surface area contributed by atoms with Gasteiger partial charge in [0.15, 0.2) is 0 Å². The summed E-state index contributed by atoms with van der Waals surface area (Å²) < 4.78 is 7.24. The Labute approximate surface area is 210 Å². The first-order valence-electron chi connectivity index (χ1n) is 8.51. The molecule has 0 bridgehead atoms. The van der Waals surface area contributed by atoms with Crippen LogP contribution >= 0.6 is 0 Å². The number of aryl methyl sites for hydroxylation is 1. The summed E-state index contributed by atoms with van der Waals surface area (Å²) in [6, 6.07) is 10.3. The largest absolute Gasteiger partial charge is 1.00 e. The molecule has 0 aliphatic rings. The summed E-state index contributed by atoms with van der Waals surface area (Å²) in [4.78, 5) is 12.5. The maximum atomic E-state index is 5.32. The smallest absolute Gasteiger partial charge is 0.740 e. The predicted molar refractivity (Wildman–Crippen MR) is 98.5 cm³/mol. The van der Waals surface area contributed by atoms with Gasteiger partial charge in [-0.25, -0.2) is 4.98 Å². The summed E-state index contributed by atoms with van der Waals surface area (Å²) in [6.45, 7) is 0.737. The van der Waals surface area contributed by atoms with Crippen molar-refractivity contribution in [1.29, 1.82) is 0 Å². The summed E-state index contributed by atoms with van der Waals surface area (Å²) in [5.41, 5.74) is 1.85. The molecule has 0 unspecified atom stereocenters. The second kappa shape index (κ2) is 10.3. The van der Waals surface area contributed by atoms with Gasteiger partial charge in [0.2, 0.25) is 11.7 Å². The SMILES string of the molecule is [K+].[S-]c1nnc(Cc2nc(-c3cnccn3)no2)n1CCCc1ccccc1. The standard InChI is InChI=1S/C18H17N7OS.K/c27-18-23-22-15(25(18)10-4-7-13-5-2-1-3-6-13)11-16-21-17(24-26-16)14-12-19-8-9-20-14;/h1-3,5-6,8-9,12H,4,7,10-11H2,(H,23,27);/q;+1/p-1. The van der Waals surface area contributed by atoms with Gasteiger partial charge in [0.1, 0.15) is 11.5 Å². The molecule has 0 N–H and O–H groups in total. The van der Waals surface area contributed by atoms with Crippen LogP contribution in [0.2, 0.25) is 0 Å². The molecule has 0 fully saturated rings. The first kappa shape index (κ1) is 21.2. The van der Waals surface area contributed by atoms with E-state index in [4.69, 9.17) is 17.2 Å². The Hall–Kier alpha value is -1.56. The van der Waals surface area contributed by atoms with Crippen molar-refractivity contribution in [1.82, 2.24) is 34.9 Å². The fraction of sp³-hybridized carbons (Fsp3) is 0.222. The van der Waals surface area contributed by atoms with Gasteiger partial charge >= 0.3 is 51.4 Å². The Kier molecular flexibility index (Phi) is 7.77. The van der Waals surface area contributed by atoms with Crippen LogP contribution in [0.4, 0.5) is 0 Å². The Balaban J connectivity index is 0.00000225. The van der Waals surface area contributed by atoms with E-state index in [0.717, 1.165) is 19.4 Å². The Morgan fingerprint density at radius 1 is 1.07 bits per heavy atom. The minimum atomic E-state index is 0. The van der Waals surface area contributed by atoms with Crippen molar-refractivity contribution in [2.75, 3.05) is 0 Å². The van der Waals surface area contributed by atoms with Crippen molar-refractivity contribution < 1.29 is 55.9 Å². The van der Waals surface area contributed by atoms with Gasteiger partial charge in [0.25, 0.3) is 0 Å². The van der Waals surface area contributed by atoms with Crippen LogP contribution < -0.4 is 51.4 Å². The third kappa shape index (κ3) is 5.28. The van der Waals surface area contributed by atoms with E-state index in [0.29, 0.717) is 34.8 Å². The molecule has 10 heteroatoms. The van der Waals surface area contributed by atoms with Crippen molar-refractivity contribution in [3.63, 3.8) is 0 Å². The topological polar surface area (TPSA) is 95.4 Å². The number of aromatic nitrogens is 7. The van der Waals surface area contributed by atoms with Crippen LogP contribution in [0.15, 0.2) is 58.6 Å². The second-order valence-electron chi connectivity index (χ2n) is 5.92. The maximum Gasteiger partial charge on any atom is 1.00 e. The molecule has 4 aromatic rings. The third-order valence-corrected chi connectivity index (χ3v) is 4.36. The van der Waals surface area contributed by atoms with Crippen molar-refractivity contribution in [3.05, 3.63) is 66.2 Å². The quantitative estimate of drug-likeness (QED) is 0.286. The van der Waals surface area contributed by atoms with Crippen LogP contribution in [-0.4, -0.2) is 34.9 Å². The average molecular weight is 418 g/mol. The monoisotopic (exact) mass is 417 g/mol. The van der Waals surface area contributed by atoms with Gasteiger partial charge < -0.3 is 21.7 Å². The van der Waals surface area contributed by atoms with Crippen LogP contribution in [0.25, 0.3) is 11.5 Å². The van der Waals surface area contributed by atoms with Gasteiger partial charge in [-0.3, -0.25) is 4.98 Å². The van der Waals surface area contributed by atoms with E-state index in [1.165, 1.54) is 5.56 Å². The summed E-state index contributed by atoms with van der Waals surface area (Å²) in [5.74, 6) is 1.54. The van der Waals surface area contributed by atoms with Gasteiger partial charge in [-0.1, -0.05) is 35.5 Å². The first-order chi connectivity index (χ1) is 13.3. The Bertz CT molecular complexity index is 1010. The van der Waals surface area contributed by atoms with E-state index >= 15 is 0 Å². The molecule has 4 rings (SSSR count). The molecule has 0 spiro atoms. The number of benzene rings is 1. The van der Waals surface area contributed by atoms with Gasteiger partial charge in [-0.05, 0) is 18.4 Å². The Morgan fingerprint density at radius 2 is 1.93 bits per heavy atom. The summed E-state index contributed by atoms with van der Waals surface area (Å²) in [5, 5.41) is 12.6. The van der Waals surface area contributed by atoms with E-state index in [1.54, 1.807) is 18.6 Å². The molecule has 1 aromatic carbocycles. The number of rotatable bonds is 7. The maximum absolute atomic E-state index is 5.32. The second-order valence-corrected chi connectivity index (χ2v) is 6.28. The van der Waals surface area contributed by atoms with Crippen molar-refractivity contribution in [2.45, 2.75) is 31.0 Å². The first-order valence-corrected chi connectivity index (χ1v) is 8.92. The molecule has 28 heavy (non-hydrogen) atoms. The third-order valence-electron chi connectivity index (χ3n) is 4.05. The molecular weight excluding hydrogens is 401 g/mol. The molecule has 0 aliphatic heterocycles. The molecule has 0 amide bonds. The molecule has 0 saturated heterocycles. The number of hydrogen-bond donors (Lipinski definition) is 0. The van der Waals surface area contributed by atoms with E-state index in [2.05, 4.69) is 42.4 Å². The van der Waals surface area contributed by atoms with E-state index < -0.39 is 0 Å². The van der Waals surface area contributed by atoms with Crippen LogP contribution in [-0.2, 0) is 32.0 Å². The average Bonchev–Trinajstić information content (AvgIpc) is 3.32. The number of hydrogen-bond acceptors (Lipinski definition) is 8. The zero-order valence-electron chi connectivity index (χ0n) is 15.4. The molecular formula is C18H16KN7OS. The minimum absolute atomic E-state index is 0. The van der Waals surface area contributed by atoms with Crippen molar-refractivity contribution in [3.8, 4) is 11.5 Å². The molecule has 3 aromatic heterocycles. The minimum Gasteiger partial charge on any atom is -0.740 e. The molecule has 136 valence electrons. The van der Waals surface area contributed by atoms with E-state index in [-0.39, 0.29) is 51.4 Å². The molecule has 8 nitrogen and oxygen atoms in total.